The van der Waals surface area contributed by atoms with Crippen molar-refractivity contribution in [2.45, 2.75) is 17.9 Å². The molecule has 1 aliphatic heterocycles. The molecule has 0 aromatic carbocycles. The molecule has 1 N–H and O–H groups in total. The summed E-state index contributed by atoms with van der Waals surface area (Å²) in [5.41, 5.74) is 0. The lowest BCUT2D eigenvalue weighted by atomic mass is 9.96. The van der Waals surface area contributed by atoms with E-state index in [9.17, 15) is 18.0 Å². The van der Waals surface area contributed by atoms with Gasteiger partial charge in [0.15, 0.2) is 0 Å². The van der Waals surface area contributed by atoms with Gasteiger partial charge in [0.25, 0.3) is 10.0 Å². The van der Waals surface area contributed by atoms with Crippen molar-refractivity contribution in [1.82, 2.24) is 9.21 Å². The first-order valence-electron chi connectivity index (χ1n) is 8.15. The smallest absolute Gasteiger partial charge is 0.371 e. The minimum absolute atomic E-state index is 0.0481. The number of nitrogens with zero attached hydrogens (tertiary/aromatic N) is 2. The number of sulfonamides is 1. The van der Waals surface area contributed by atoms with Crippen LogP contribution >= 0.6 is 0 Å². The van der Waals surface area contributed by atoms with Gasteiger partial charge in [-0.2, -0.15) is 4.31 Å². The largest absolute Gasteiger partial charge is 0.475 e. The third kappa shape index (κ3) is 4.23. The molecule has 1 saturated heterocycles. The molecule has 0 atom stereocenters. The first-order valence-corrected chi connectivity index (χ1v) is 9.59. The van der Waals surface area contributed by atoms with Gasteiger partial charge in [0, 0.05) is 32.1 Å². The van der Waals surface area contributed by atoms with Gasteiger partial charge in [0.1, 0.15) is 0 Å². The summed E-state index contributed by atoms with van der Waals surface area (Å²) in [7, 11) is -3.92. The molecule has 9 heteroatoms. The summed E-state index contributed by atoms with van der Waals surface area (Å²) in [6.07, 6.45) is 4.04. The zero-order valence-corrected chi connectivity index (χ0v) is 15.2. The highest BCUT2D eigenvalue weighted by atomic mass is 32.2. The summed E-state index contributed by atoms with van der Waals surface area (Å²) in [6, 6.07) is 2.24. The molecule has 1 amide bonds. The average Bonchev–Trinajstić information content (AvgIpc) is 3.12. The van der Waals surface area contributed by atoms with Crippen molar-refractivity contribution >= 4 is 21.9 Å². The van der Waals surface area contributed by atoms with E-state index in [1.807, 2.05) is 0 Å². The summed E-state index contributed by atoms with van der Waals surface area (Å²) < 4.78 is 31.2. The van der Waals surface area contributed by atoms with E-state index in [0.29, 0.717) is 25.9 Å². The van der Waals surface area contributed by atoms with Gasteiger partial charge >= 0.3 is 5.97 Å². The number of hydrogen-bond donors (Lipinski definition) is 1. The van der Waals surface area contributed by atoms with Crippen LogP contribution in [-0.4, -0.2) is 60.8 Å². The van der Waals surface area contributed by atoms with E-state index < -0.39 is 26.8 Å². The number of carboxylic acid groups (broad SMARTS) is 1. The molecule has 142 valence electrons. The van der Waals surface area contributed by atoms with E-state index in [1.54, 1.807) is 17.1 Å². The Morgan fingerprint density at radius 1 is 1.23 bits per heavy atom. The maximum absolute atomic E-state index is 12.6. The summed E-state index contributed by atoms with van der Waals surface area (Å²) in [6.45, 7) is 8.42. The van der Waals surface area contributed by atoms with Crippen LogP contribution in [0, 0.1) is 5.92 Å². The van der Waals surface area contributed by atoms with Crippen LogP contribution in [0.2, 0.25) is 0 Å². The van der Waals surface area contributed by atoms with Crippen molar-refractivity contribution in [3.05, 3.63) is 43.2 Å². The Morgan fingerprint density at radius 3 is 2.27 bits per heavy atom. The lowest BCUT2D eigenvalue weighted by Crippen LogP contribution is -2.44. The van der Waals surface area contributed by atoms with Crippen molar-refractivity contribution in [1.29, 1.82) is 0 Å². The second-order valence-corrected chi connectivity index (χ2v) is 7.79. The fraction of sp³-hybridized carbons (Fsp3) is 0.412. The number of furan rings is 1. The van der Waals surface area contributed by atoms with E-state index in [-0.39, 0.29) is 24.9 Å². The number of carboxylic acids is 1. The van der Waals surface area contributed by atoms with E-state index >= 15 is 0 Å². The van der Waals surface area contributed by atoms with E-state index in [0.717, 1.165) is 12.1 Å². The first-order chi connectivity index (χ1) is 12.3. The van der Waals surface area contributed by atoms with Crippen molar-refractivity contribution in [2.24, 2.45) is 5.92 Å². The molecule has 0 unspecified atom stereocenters. The molecule has 0 saturated carbocycles. The highest BCUT2D eigenvalue weighted by molar-refractivity contribution is 7.89. The molecule has 0 bridgehead atoms. The molecule has 0 spiro atoms. The molecule has 8 nitrogen and oxygen atoms in total. The number of hydrogen-bond acceptors (Lipinski definition) is 5. The number of aromatic carboxylic acids is 1. The number of rotatable bonds is 8. The highest BCUT2D eigenvalue weighted by Gasteiger charge is 2.35. The molecule has 1 fully saturated rings. The Kier molecular flexibility index (Phi) is 6.38. The molecule has 0 radical (unpaired) electrons. The summed E-state index contributed by atoms with van der Waals surface area (Å²) >= 11 is 0. The molecule has 1 aromatic rings. The number of carbonyl (C=O) groups excluding carboxylic acids is 1. The van der Waals surface area contributed by atoms with Crippen molar-refractivity contribution in [3.8, 4) is 0 Å². The third-order valence-electron chi connectivity index (χ3n) is 4.20. The number of carbonyl (C=O) groups is 2. The molecule has 1 aromatic heterocycles. The molecular formula is C17H22N2O6S. The molecule has 1 aliphatic rings. The van der Waals surface area contributed by atoms with Gasteiger partial charge in [-0.15, -0.1) is 13.2 Å². The summed E-state index contributed by atoms with van der Waals surface area (Å²) in [5, 5.41) is 8.45. The molecule has 2 rings (SSSR count). The minimum atomic E-state index is -3.92. The SMILES string of the molecule is C=CCN(CC=C)C(=O)C1CCN(S(=O)(=O)c2ccc(C(=O)O)o2)CC1. The van der Waals surface area contributed by atoms with Crippen molar-refractivity contribution in [2.75, 3.05) is 26.2 Å². The van der Waals surface area contributed by atoms with Crippen LogP contribution in [0.15, 0.2) is 47.0 Å². The lowest BCUT2D eigenvalue weighted by Gasteiger charge is -2.32. The molecule has 2 heterocycles. The fourth-order valence-corrected chi connectivity index (χ4v) is 4.25. The van der Waals surface area contributed by atoms with E-state index in [4.69, 9.17) is 9.52 Å². The normalized spacial score (nSPS) is 16.2. The second kappa shape index (κ2) is 8.33. The van der Waals surface area contributed by atoms with Crippen LogP contribution in [0.4, 0.5) is 0 Å². The van der Waals surface area contributed by atoms with Gasteiger partial charge in [-0.05, 0) is 25.0 Å². The summed E-state index contributed by atoms with van der Waals surface area (Å²) in [5.74, 6) is -2.08. The number of amides is 1. The summed E-state index contributed by atoms with van der Waals surface area (Å²) in [4.78, 5) is 25.0. The first kappa shape index (κ1) is 19.9. The maximum atomic E-state index is 12.6. The Labute approximate surface area is 152 Å². The van der Waals surface area contributed by atoms with Gasteiger partial charge in [0.2, 0.25) is 16.8 Å². The predicted octanol–water partition coefficient (Wildman–Crippen LogP) is 1.58. The van der Waals surface area contributed by atoms with Crippen LogP contribution in [0.5, 0.6) is 0 Å². The molecule has 26 heavy (non-hydrogen) atoms. The van der Waals surface area contributed by atoms with Gasteiger partial charge in [-0.25, -0.2) is 13.2 Å². The van der Waals surface area contributed by atoms with Crippen LogP contribution in [0.1, 0.15) is 23.4 Å². The second-order valence-electron chi connectivity index (χ2n) is 5.92. The topological polar surface area (TPSA) is 108 Å². The van der Waals surface area contributed by atoms with Gasteiger partial charge in [0.05, 0.1) is 0 Å². The van der Waals surface area contributed by atoms with E-state index in [2.05, 4.69) is 13.2 Å². The zero-order valence-electron chi connectivity index (χ0n) is 14.3. The van der Waals surface area contributed by atoms with Crippen LogP contribution in [-0.2, 0) is 14.8 Å². The van der Waals surface area contributed by atoms with Gasteiger partial charge < -0.3 is 14.4 Å². The quantitative estimate of drug-likeness (QED) is 0.684. The van der Waals surface area contributed by atoms with Crippen molar-refractivity contribution in [3.63, 3.8) is 0 Å². The monoisotopic (exact) mass is 382 g/mol. The van der Waals surface area contributed by atoms with Crippen molar-refractivity contribution < 1.29 is 27.5 Å². The van der Waals surface area contributed by atoms with Crippen LogP contribution in [0.3, 0.4) is 0 Å². The Balaban J connectivity index is 2.04. The Bertz CT molecular complexity index is 780. The predicted molar refractivity (Wildman–Crippen MR) is 94.1 cm³/mol. The molecular weight excluding hydrogens is 360 g/mol. The minimum Gasteiger partial charge on any atom is -0.475 e. The molecule has 0 aliphatic carbocycles. The average molecular weight is 382 g/mol. The lowest BCUT2D eigenvalue weighted by molar-refractivity contribution is -0.135. The van der Waals surface area contributed by atoms with Crippen LogP contribution < -0.4 is 0 Å². The van der Waals surface area contributed by atoms with Gasteiger partial charge in [-0.1, -0.05) is 12.2 Å². The third-order valence-corrected chi connectivity index (χ3v) is 5.97. The maximum Gasteiger partial charge on any atom is 0.371 e. The standard InChI is InChI=1S/C17H22N2O6S/c1-3-9-18(10-4-2)16(20)13-7-11-19(12-8-13)26(23,24)15-6-5-14(25-15)17(21)22/h3-6,13H,1-2,7-12H2,(H,21,22). The van der Waals surface area contributed by atoms with Crippen LogP contribution in [0.25, 0.3) is 0 Å². The number of piperidine rings is 1. The fourth-order valence-electron chi connectivity index (χ4n) is 2.87. The Morgan fingerprint density at radius 2 is 1.81 bits per heavy atom. The zero-order chi connectivity index (χ0) is 19.3. The Hall–Kier alpha value is -2.39. The van der Waals surface area contributed by atoms with Gasteiger partial charge in [-0.3, -0.25) is 4.79 Å². The highest BCUT2D eigenvalue weighted by Crippen LogP contribution is 2.26. The van der Waals surface area contributed by atoms with E-state index in [1.165, 1.54) is 4.31 Å².